The maximum Gasteiger partial charge on any atom is 0.261 e. The molecular formula is C20H26BClN2O2. The van der Waals surface area contributed by atoms with Crippen LogP contribution in [0.1, 0.15) is 73.7 Å². The fourth-order valence-corrected chi connectivity index (χ4v) is 4.50. The second-order valence-electron chi connectivity index (χ2n) is 7.79. The predicted molar refractivity (Wildman–Crippen MR) is 109 cm³/mol. The van der Waals surface area contributed by atoms with Gasteiger partial charge in [-0.3, -0.25) is 9.59 Å². The lowest BCUT2D eigenvalue weighted by Gasteiger charge is -2.35. The van der Waals surface area contributed by atoms with Gasteiger partial charge in [0, 0.05) is 17.0 Å². The molecule has 0 amide bonds. The minimum atomic E-state index is -0.317. The molecule has 2 aromatic heterocycles. The van der Waals surface area contributed by atoms with E-state index < -0.39 is 0 Å². The van der Waals surface area contributed by atoms with Gasteiger partial charge in [-0.2, -0.15) is 0 Å². The van der Waals surface area contributed by atoms with E-state index in [1.54, 1.807) is 12.3 Å². The Balaban J connectivity index is 2.25. The van der Waals surface area contributed by atoms with Crippen molar-refractivity contribution in [3.8, 4) is 0 Å². The molecule has 1 aliphatic rings. The fourth-order valence-electron chi connectivity index (χ4n) is 4.35. The first-order valence-electron chi connectivity index (χ1n) is 9.64. The lowest BCUT2D eigenvalue weighted by molar-refractivity contribution is 0.112. The molecule has 1 saturated carbocycles. The Morgan fingerprint density at radius 2 is 1.73 bits per heavy atom. The van der Waals surface area contributed by atoms with Crippen LogP contribution in [0, 0.1) is 6.92 Å². The van der Waals surface area contributed by atoms with E-state index in [0.29, 0.717) is 17.0 Å². The van der Waals surface area contributed by atoms with Gasteiger partial charge in [-0.1, -0.05) is 56.5 Å². The number of nitrogens with zero attached hydrogens (tertiary/aromatic N) is 2. The molecule has 6 heteroatoms. The monoisotopic (exact) mass is 372 g/mol. The minimum absolute atomic E-state index is 0.202. The summed E-state index contributed by atoms with van der Waals surface area (Å²) in [5.74, 6) is 0. The summed E-state index contributed by atoms with van der Waals surface area (Å²) >= 11 is 6.16. The van der Waals surface area contributed by atoms with Crippen molar-refractivity contribution in [2.45, 2.75) is 70.1 Å². The molecule has 0 N–H and O–H groups in total. The summed E-state index contributed by atoms with van der Waals surface area (Å²) in [5.41, 5.74) is 1.19. The molecule has 2 heterocycles. The molecule has 0 aliphatic heterocycles. The molecule has 138 valence electrons. The second-order valence-corrected chi connectivity index (χ2v) is 8.18. The number of carbonyl (C=O) groups is 1. The first kappa shape index (κ1) is 19.2. The number of aldehydes is 1. The Morgan fingerprint density at radius 3 is 2.31 bits per heavy atom. The van der Waals surface area contributed by atoms with Crippen molar-refractivity contribution < 1.29 is 4.79 Å². The van der Waals surface area contributed by atoms with Gasteiger partial charge in [0.2, 0.25) is 0 Å². The topological polar surface area (TPSA) is 52.0 Å². The largest absolute Gasteiger partial charge is 0.310 e. The number of aryl methyl sites for hydroxylation is 1. The third-order valence-electron chi connectivity index (χ3n) is 5.92. The second kappa shape index (κ2) is 7.95. The van der Waals surface area contributed by atoms with Crippen LogP contribution in [0.3, 0.4) is 0 Å². The molecule has 0 unspecified atom stereocenters. The van der Waals surface area contributed by atoms with E-state index >= 15 is 0 Å². The van der Waals surface area contributed by atoms with Crippen LogP contribution in [0.15, 0.2) is 17.1 Å². The minimum Gasteiger partial charge on any atom is -0.310 e. The van der Waals surface area contributed by atoms with Crippen LogP contribution in [0.5, 0.6) is 0 Å². The smallest absolute Gasteiger partial charge is 0.261 e. The maximum atomic E-state index is 13.3. The molecule has 0 radical (unpaired) electrons. The van der Waals surface area contributed by atoms with Gasteiger partial charge < -0.3 is 4.57 Å². The standard InChI is InChI=1S/C20H26BClN2O2/c1-14-15-12-23-18(22)11-17(15)24(19(26)16(14)13-25)20(21)9-7-5-3-2-4-6-8-10-20/h11-13H,2-10,21H2,1H3. The molecular weight excluding hydrogens is 346 g/mol. The van der Waals surface area contributed by atoms with Crippen LogP contribution in [0.2, 0.25) is 5.15 Å². The van der Waals surface area contributed by atoms with E-state index in [9.17, 15) is 9.59 Å². The average molecular weight is 373 g/mol. The van der Waals surface area contributed by atoms with Crippen molar-refractivity contribution in [3.05, 3.63) is 38.9 Å². The highest BCUT2D eigenvalue weighted by atomic mass is 35.5. The number of halogens is 1. The number of hydrogen-bond donors (Lipinski definition) is 0. The van der Waals surface area contributed by atoms with E-state index in [0.717, 1.165) is 36.6 Å². The van der Waals surface area contributed by atoms with Gasteiger partial charge in [-0.05, 0) is 31.4 Å². The number of aromatic nitrogens is 2. The molecule has 1 aliphatic carbocycles. The number of pyridine rings is 2. The van der Waals surface area contributed by atoms with E-state index in [1.165, 1.54) is 32.1 Å². The van der Waals surface area contributed by atoms with Gasteiger partial charge in [0.05, 0.1) is 11.1 Å². The molecule has 2 aromatic rings. The number of carbonyl (C=O) groups excluding carboxylic acids is 1. The van der Waals surface area contributed by atoms with Gasteiger partial charge in [-0.25, -0.2) is 4.98 Å². The lowest BCUT2D eigenvalue weighted by atomic mass is 9.69. The van der Waals surface area contributed by atoms with E-state index in [1.807, 2.05) is 11.5 Å². The molecule has 0 atom stereocenters. The number of fused-ring (bicyclic) bond motifs is 1. The third kappa shape index (κ3) is 3.59. The van der Waals surface area contributed by atoms with Gasteiger partial charge in [-0.15, -0.1) is 0 Å². The van der Waals surface area contributed by atoms with Crippen LogP contribution >= 0.6 is 11.6 Å². The summed E-state index contributed by atoms with van der Waals surface area (Å²) in [6.45, 7) is 1.81. The zero-order valence-electron chi connectivity index (χ0n) is 15.7. The first-order chi connectivity index (χ1) is 12.5. The van der Waals surface area contributed by atoms with Crippen LogP contribution in [0.25, 0.3) is 10.9 Å². The van der Waals surface area contributed by atoms with Crippen molar-refractivity contribution in [3.63, 3.8) is 0 Å². The quantitative estimate of drug-likeness (QED) is 0.455. The van der Waals surface area contributed by atoms with Crippen LogP contribution in [-0.4, -0.2) is 23.7 Å². The van der Waals surface area contributed by atoms with Gasteiger partial charge in [0.1, 0.15) is 13.0 Å². The SMILES string of the molecule is BC1(n2c(=O)c(C=O)c(C)c3cnc(Cl)cc32)CCCCCCCCC1. The average Bonchev–Trinajstić information content (AvgIpc) is 2.61. The number of hydrogen-bond acceptors (Lipinski definition) is 3. The van der Waals surface area contributed by atoms with Gasteiger partial charge in [0.25, 0.3) is 5.56 Å². The Bertz CT molecular complexity index is 868. The lowest BCUT2D eigenvalue weighted by Crippen LogP contribution is -2.43. The maximum absolute atomic E-state index is 13.3. The van der Waals surface area contributed by atoms with E-state index in [-0.39, 0.29) is 16.6 Å². The molecule has 1 fully saturated rings. The van der Waals surface area contributed by atoms with Crippen molar-refractivity contribution in [1.82, 2.24) is 9.55 Å². The number of rotatable bonds is 2. The zero-order valence-corrected chi connectivity index (χ0v) is 16.4. The summed E-state index contributed by atoms with van der Waals surface area (Å²) in [7, 11) is 2.16. The Hall–Kier alpha value is -1.62. The van der Waals surface area contributed by atoms with Crippen LogP contribution in [-0.2, 0) is 5.44 Å². The van der Waals surface area contributed by atoms with E-state index in [2.05, 4.69) is 12.8 Å². The summed E-state index contributed by atoms with van der Waals surface area (Å²) in [4.78, 5) is 29.1. The van der Waals surface area contributed by atoms with Crippen LogP contribution < -0.4 is 5.56 Å². The fraction of sp³-hybridized carbons (Fsp3) is 0.550. The molecule has 26 heavy (non-hydrogen) atoms. The van der Waals surface area contributed by atoms with Crippen molar-refractivity contribution in [2.75, 3.05) is 0 Å². The molecule has 4 nitrogen and oxygen atoms in total. The van der Waals surface area contributed by atoms with Crippen LogP contribution in [0.4, 0.5) is 0 Å². The van der Waals surface area contributed by atoms with Gasteiger partial charge in [0.15, 0.2) is 6.29 Å². The summed E-state index contributed by atoms with van der Waals surface area (Å²) < 4.78 is 1.84. The molecule has 0 saturated heterocycles. The molecule has 0 spiro atoms. The van der Waals surface area contributed by atoms with Crippen molar-refractivity contribution in [2.24, 2.45) is 0 Å². The first-order valence-corrected chi connectivity index (χ1v) is 10.0. The molecule has 0 aromatic carbocycles. The Kier molecular flexibility index (Phi) is 5.86. The normalized spacial score (nSPS) is 18.5. The molecule has 0 bridgehead atoms. The summed E-state index contributed by atoms with van der Waals surface area (Å²) in [6.07, 6.45) is 12.6. The van der Waals surface area contributed by atoms with Crippen molar-refractivity contribution >= 4 is 36.6 Å². The predicted octanol–water partition coefficient (Wildman–Crippen LogP) is 3.98. The highest BCUT2D eigenvalue weighted by Crippen LogP contribution is 2.32. The highest BCUT2D eigenvalue weighted by molar-refractivity contribution is 6.30. The summed E-state index contributed by atoms with van der Waals surface area (Å²) in [5, 5.41) is 1.20. The van der Waals surface area contributed by atoms with Gasteiger partial charge >= 0.3 is 0 Å². The highest BCUT2D eigenvalue weighted by Gasteiger charge is 2.30. The van der Waals surface area contributed by atoms with E-state index in [4.69, 9.17) is 11.6 Å². The Morgan fingerprint density at radius 1 is 1.15 bits per heavy atom. The summed E-state index contributed by atoms with van der Waals surface area (Å²) in [6, 6.07) is 1.77. The third-order valence-corrected chi connectivity index (χ3v) is 6.13. The molecule has 3 rings (SSSR count). The Labute approximate surface area is 160 Å². The zero-order chi connectivity index (χ0) is 18.7. The van der Waals surface area contributed by atoms with Crippen molar-refractivity contribution in [1.29, 1.82) is 0 Å².